The summed E-state index contributed by atoms with van der Waals surface area (Å²) in [5.74, 6) is -0.241. The minimum absolute atomic E-state index is 0.0418. The summed E-state index contributed by atoms with van der Waals surface area (Å²) >= 11 is 5.94. The summed E-state index contributed by atoms with van der Waals surface area (Å²) in [5, 5.41) is 0.401. The van der Waals surface area contributed by atoms with Gasteiger partial charge in [0.05, 0.1) is 29.9 Å². The number of carbonyl (C=O) groups excluding carboxylic acids is 1. The van der Waals surface area contributed by atoms with Crippen molar-refractivity contribution in [1.82, 2.24) is 9.97 Å². The Labute approximate surface area is 93.6 Å². The normalized spacial score (nSPS) is 12.3. The van der Waals surface area contributed by atoms with Crippen molar-refractivity contribution in [2.75, 3.05) is 7.11 Å². The fraction of sp³-hybridized carbons (Fsp3) is 0.500. The molecule has 1 rings (SSSR count). The topological polar surface area (TPSA) is 52.1 Å². The van der Waals surface area contributed by atoms with Gasteiger partial charge in [0, 0.05) is 0 Å². The minimum Gasteiger partial charge on any atom is -0.467 e. The first-order valence-corrected chi connectivity index (χ1v) is 5.04. The molecule has 15 heavy (non-hydrogen) atoms. The van der Waals surface area contributed by atoms with Gasteiger partial charge >= 0.3 is 6.01 Å². The van der Waals surface area contributed by atoms with Crippen LogP contribution in [0.2, 0.25) is 5.02 Å². The maximum atomic E-state index is 11.4. The van der Waals surface area contributed by atoms with Crippen LogP contribution >= 0.6 is 11.6 Å². The van der Waals surface area contributed by atoms with E-state index in [1.165, 1.54) is 20.2 Å². The van der Waals surface area contributed by atoms with E-state index < -0.39 is 0 Å². The molecule has 0 bridgehead atoms. The molecule has 1 heterocycles. The number of methoxy groups -OCH3 is 1. The molecule has 0 aliphatic carbocycles. The molecule has 0 N–H and O–H groups in total. The standard InChI is InChI=1S/C10H13ClN2O2/c1-4-7(6(2)14)9-8(11)5-12-10(13-9)15-3/h5,7H,4H2,1-3H3. The predicted molar refractivity (Wildman–Crippen MR) is 57.3 cm³/mol. The second kappa shape index (κ2) is 5.07. The van der Waals surface area contributed by atoms with Gasteiger partial charge in [-0.25, -0.2) is 4.98 Å². The van der Waals surface area contributed by atoms with Crippen LogP contribution < -0.4 is 4.74 Å². The smallest absolute Gasteiger partial charge is 0.316 e. The summed E-state index contributed by atoms with van der Waals surface area (Å²) in [5.41, 5.74) is 0.540. The van der Waals surface area contributed by atoms with Gasteiger partial charge in [0.25, 0.3) is 0 Å². The highest BCUT2D eigenvalue weighted by molar-refractivity contribution is 6.31. The third-order valence-electron chi connectivity index (χ3n) is 2.16. The second-order valence-corrected chi connectivity index (χ2v) is 3.57. The molecule has 1 aromatic heterocycles. The van der Waals surface area contributed by atoms with Crippen LogP contribution in [-0.4, -0.2) is 22.9 Å². The molecule has 0 amide bonds. The number of carbonyl (C=O) groups is 1. The quantitative estimate of drug-likeness (QED) is 0.793. The fourth-order valence-electron chi connectivity index (χ4n) is 1.38. The van der Waals surface area contributed by atoms with Gasteiger partial charge in [0.1, 0.15) is 5.78 Å². The predicted octanol–water partition coefficient (Wildman–Crippen LogP) is 2.22. The molecule has 0 radical (unpaired) electrons. The van der Waals surface area contributed by atoms with E-state index in [1.54, 1.807) is 0 Å². The Bertz CT molecular complexity index is 368. The number of ketones is 1. The SMILES string of the molecule is CCC(C(C)=O)c1nc(OC)ncc1Cl. The number of hydrogen-bond acceptors (Lipinski definition) is 4. The van der Waals surface area contributed by atoms with Gasteiger partial charge in [-0.05, 0) is 13.3 Å². The first-order valence-electron chi connectivity index (χ1n) is 4.67. The molecule has 0 spiro atoms. The third-order valence-corrected chi connectivity index (χ3v) is 2.45. The second-order valence-electron chi connectivity index (χ2n) is 3.16. The van der Waals surface area contributed by atoms with Crippen LogP contribution in [0.15, 0.2) is 6.20 Å². The molecule has 1 atom stereocenters. The number of rotatable bonds is 4. The van der Waals surface area contributed by atoms with Gasteiger partial charge in [-0.1, -0.05) is 18.5 Å². The van der Waals surface area contributed by atoms with Crippen molar-refractivity contribution in [3.05, 3.63) is 16.9 Å². The van der Waals surface area contributed by atoms with Crippen LogP contribution in [0.1, 0.15) is 31.9 Å². The molecule has 0 fully saturated rings. The summed E-state index contributed by atoms with van der Waals surface area (Å²) < 4.78 is 4.89. The van der Waals surface area contributed by atoms with E-state index in [1.807, 2.05) is 6.92 Å². The van der Waals surface area contributed by atoms with Crippen molar-refractivity contribution in [3.63, 3.8) is 0 Å². The summed E-state index contributed by atoms with van der Waals surface area (Å²) in [6.07, 6.45) is 2.11. The van der Waals surface area contributed by atoms with Crippen LogP contribution in [0.5, 0.6) is 6.01 Å². The molecular weight excluding hydrogens is 216 g/mol. The van der Waals surface area contributed by atoms with E-state index in [0.717, 1.165) is 0 Å². The maximum absolute atomic E-state index is 11.4. The van der Waals surface area contributed by atoms with Crippen LogP contribution in [0.4, 0.5) is 0 Å². The van der Waals surface area contributed by atoms with Crippen molar-refractivity contribution in [2.45, 2.75) is 26.2 Å². The summed E-state index contributed by atoms with van der Waals surface area (Å²) in [4.78, 5) is 19.3. The molecule has 4 nitrogen and oxygen atoms in total. The average molecular weight is 229 g/mol. The van der Waals surface area contributed by atoms with Crippen molar-refractivity contribution in [3.8, 4) is 6.01 Å². The average Bonchev–Trinajstić information content (AvgIpc) is 2.21. The Morgan fingerprint density at radius 2 is 2.33 bits per heavy atom. The van der Waals surface area contributed by atoms with E-state index >= 15 is 0 Å². The van der Waals surface area contributed by atoms with Crippen LogP contribution in [0.25, 0.3) is 0 Å². The first kappa shape index (κ1) is 11.9. The highest BCUT2D eigenvalue weighted by Crippen LogP contribution is 2.26. The molecule has 0 saturated heterocycles. The number of Topliss-reactive ketones (excluding diaryl/α,β-unsaturated/α-hetero) is 1. The third kappa shape index (κ3) is 2.65. The maximum Gasteiger partial charge on any atom is 0.316 e. The molecule has 0 aliphatic heterocycles. The van der Waals surface area contributed by atoms with Gasteiger partial charge < -0.3 is 4.74 Å². The van der Waals surface area contributed by atoms with Gasteiger partial charge in [-0.15, -0.1) is 0 Å². The van der Waals surface area contributed by atoms with Crippen molar-refractivity contribution >= 4 is 17.4 Å². The van der Waals surface area contributed by atoms with Crippen LogP contribution in [0, 0.1) is 0 Å². The monoisotopic (exact) mass is 228 g/mol. The van der Waals surface area contributed by atoms with E-state index in [0.29, 0.717) is 17.1 Å². The molecule has 82 valence electrons. The molecule has 5 heteroatoms. The number of ether oxygens (including phenoxy) is 1. The zero-order valence-electron chi connectivity index (χ0n) is 8.95. The van der Waals surface area contributed by atoms with Gasteiger partial charge in [-0.3, -0.25) is 4.79 Å². The zero-order chi connectivity index (χ0) is 11.4. The van der Waals surface area contributed by atoms with Crippen LogP contribution in [-0.2, 0) is 4.79 Å². The molecule has 1 unspecified atom stereocenters. The van der Waals surface area contributed by atoms with E-state index in [2.05, 4.69) is 9.97 Å². The van der Waals surface area contributed by atoms with Gasteiger partial charge in [-0.2, -0.15) is 4.98 Å². The summed E-state index contributed by atoms with van der Waals surface area (Å²) in [7, 11) is 1.47. The lowest BCUT2D eigenvalue weighted by Crippen LogP contribution is -2.11. The zero-order valence-corrected chi connectivity index (χ0v) is 9.71. The molecule has 0 aromatic carbocycles. The van der Waals surface area contributed by atoms with Crippen LogP contribution in [0.3, 0.4) is 0 Å². The fourth-order valence-corrected chi connectivity index (χ4v) is 1.60. The van der Waals surface area contributed by atoms with Gasteiger partial charge in [0.15, 0.2) is 0 Å². The van der Waals surface area contributed by atoms with E-state index in [-0.39, 0.29) is 17.7 Å². The number of nitrogens with zero attached hydrogens (tertiary/aromatic N) is 2. The Morgan fingerprint density at radius 3 is 2.80 bits per heavy atom. The van der Waals surface area contributed by atoms with Crippen molar-refractivity contribution in [2.24, 2.45) is 0 Å². The van der Waals surface area contributed by atoms with Crippen molar-refractivity contribution < 1.29 is 9.53 Å². The van der Waals surface area contributed by atoms with Gasteiger partial charge in [0.2, 0.25) is 0 Å². The lowest BCUT2D eigenvalue weighted by Gasteiger charge is -2.12. The minimum atomic E-state index is -0.283. The van der Waals surface area contributed by atoms with E-state index in [4.69, 9.17) is 16.3 Å². The Kier molecular flexibility index (Phi) is 4.03. The Balaban J connectivity index is 3.15. The summed E-state index contributed by atoms with van der Waals surface area (Å²) in [6, 6.07) is 0.231. The molecule has 0 aliphatic rings. The number of halogens is 1. The lowest BCUT2D eigenvalue weighted by molar-refractivity contribution is -0.118. The highest BCUT2D eigenvalue weighted by Gasteiger charge is 2.20. The molecular formula is C10H13ClN2O2. The number of aromatic nitrogens is 2. The molecule has 0 saturated carbocycles. The largest absolute Gasteiger partial charge is 0.467 e. The first-order chi connectivity index (χ1) is 7.10. The Morgan fingerprint density at radius 1 is 1.67 bits per heavy atom. The molecule has 1 aromatic rings. The Hall–Kier alpha value is -1.16. The number of hydrogen-bond donors (Lipinski definition) is 0. The van der Waals surface area contributed by atoms with Crippen molar-refractivity contribution in [1.29, 1.82) is 0 Å². The lowest BCUT2D eigenvalue weighted by atomic mass is 9.98. The van der Waals surface area contributed by atoms with E-state index in [9.17, 15) is 4.79 Å². The highest BCUT2D eigenvalue weighted by atomic mass is 35.5. The summed E-state index contributed by atoms with van der Waals surface area (Å²) in [6.45, 7) is 3.44.